The minimum atomic E-state index is -0.269. The number of carbonyl (C=O) groups is 1. The lowest BCUT2D eigenvalue weighted by atomic mass is 10.0. The molecule has 0 aliphatic heterocycles. The van der Waals surface area contributed by atoms with Gasteiger partial charge in [0, 0.05) is 16.1 Å². The summed E-state index contributed by atoms with van der Waals surface area (Å²) in [6.07, 6.45) is 0.668. The van der Waals surface area contributed by atoms with Gasteiger partial charge >= 0.3 is 0 Å². The first kappa shape index (κ1) is 23.3. The molecule has 1 N–H and O–H groups in total. The summed E-state index contributed by atoms with van der Waals surface area (Å²) in [5, 5.41) is 4.93. The maximum absolute atomic E-state index is 12.6. The smallest absolute Gasteiger partial charge is 0.271 e. The van der Waals surface area contributed by atoms with Crippen molar-refractivity contribution in [3.63, 3.8) is 0 Å². The summed E-state index contributed by atoms with van der Waals surface area (Å²) in [5.41, 5.74) is 7.94. The van der Waals surface area contributed by atoms with Crippen molar-refractivity contribution in [1.82, 2.24) is 5.43 Å². The number of benzene rings is 4. The van der Waals surface area contributed by atoms with Gasteiger partial charge < -0.3 is 4.74 Å². The molecule has 1 amide bonds. The number of amides is 1. The fourth-order valence-electron chi connectivity index (χ4n) is 3.56. The van der Waals surface area contributed by atoms with Gasteiger partial charge in [0.15, 0.2) is 0 Å². The molecule has 0 atom stereocenters. The van der Waals surface area contributed by atoms with Crippen LogP contribution in [0.15, 0.2) is 108 Å². The fourth-order valence-corrected chi connectivity index (χ4v) is 3.75. The zero-order valence-corrected chi connectivity index (χ0v) is 19.6. The highest BCUT2D eigenvalue weighted by molar-refractivity contribution is 6.31. The molecule has 0 radical (unpaired) electrons. The molecule has 4 nitrogen and oxygen atoms in total. The van der Waals surface area contributed by atoms with E-state index >= 15 is 0 Å². The summed E-state index contributed by atoms with van der Waals surface area (Å²) < 4.78 is 6.10. The maximum Gasteiger partial charge on any atom is 0.271 e. The van der Waals surface area contributed by atoms with Crippen LogP contribution in [0.25, 0.3) is 11.1 Å². The number of nitrogens with zero attached hydrogens (tertiary/aromatic N) is 1. The minimum absolute atomic E-state index is 0.269. The van der Waals surface area contributed by atoms with E-state index in [9.17, 15) is 4.79 Å². The van der Waals surface area contributed by atoms with E-state index in [0.29, 0.717) is 23.6 Å². The molecule has 4 rings (SSSR count). The Labute approximate surface area is 204 Å². The highest BCUT2D eigenvalue weighted by Gasteiger charge is 2.09. The standard InChI is InChI=1S/C29H25ClN2O2/c1-2-27(24-11-8-12-25(30)19-24)31-32-29(33)23-17-15-21(16-18-23)20-34-28-14-7-6-13-26(28)22-9-4-3-5-10-22/h3-19H,2,20H2,1H3,(H,32,33)/b31-27-. The molecule has 4 aromatic carbocycles. The van der Waals surface area contributed by atoms with Crippen LogP contribution in [0.4, 0.5) is 0 Å². The number of carbonyl (C=O) groups excluding carboxylic acids is 1. The topological polar surface area (TPSA) is 50.7 Å². The third-order valence-corrected chi connectivity index (χ3v) is 5.60. The molecule has 0 heterocycles. The van der Waals surface area contributed by atoms with Gasteiger partial charge in [-0.1, -0.05) is 91.3 Å². The zero-order valence-electron chi connectivity index (χ0n) is 18.9. The van der Waals surface area contributed by atoms with E-state index < -0.39 is 0 Å². The molecule has 0 aromatic heterocycles. The Morgan fingerprint density at radius 3 is 2.32 bits per heavy atom. The van der Waals surface area contributed by atoms with E-state index in [0.717, 1.165) is 33.7 Å². The van der Waals surface area contributed by atoms with Crippen LogP contribution in [-0.4, -0.2) is 11.6 Å². The minimum Gasteiger partial charge on any atom is -0.488 e. The molecule has 0 bridgehead atoms. The van der Waals surface area contributed by atoms with Crippen molar-refractivity contribution in [2.24, 2.45) is 5.10 Å². The molecule has 170 valence electrons. The van der Waals surface area contributed by atoms with Crippen LogP contribution >= 0.6 is 11.6 Å². The van der Waals surface area contributed by atoms with Gasteiger partial charge in [-0.25, -0.2) is 5.43 Å². The number of para-hydroxylation sites is 1. The van der Waals surface area contributed by atoms with E-state index in [-0.39, 0.29) is 5.91 Å². The monoisotopic (exact) mass is 468 g/mol. The van der Waals surface area contributed by atoms with Crippen LogP contribution < -0.4 is 10.2 Å². The third-order valence-electron chi connectivity index (χ3n) is 5.37. The summed E-state index contributed by atoms with van der Waals surface area (Å²) in [4.78, 5) is 12.6. The van der Waals surface area contributed by atoms with Crippen LogP contribution in [-0.2, 0) is 6.61 Å². The van der Waals surface area contributed by atoms with Gasteiger partial charge in [0.2, 0.25) is 0 Å². The van der Waals surface area contributed by atoms with Crippen molar-refractivity contribution in [2.75, 3.05) is 0 Å². The first-order valence-corrected chi connectivity index (χ1v) is 11.5. The van der Waals surface area contributed by atoms with Gasteiger partial charge in [-0.15, -0.1) is 0 Å². The SMILES string of the molecule is CC/C(=N/NC(=O)c1ccc(COc2ccccc2-c2ccccc2)cc1)c1cccc(Cl)c1. The lowest BCUT2D eigenvalue weighted by Crippen LogP contribution is -2.20. The first-order chi connectivity index (χ1) is 16.6. The second kappa shape index (κ2) is 11.3. The van der Waals surface area contributed by atoms with Crippen molar-refractivity contribution >= 4 is 23.2 Å². The molecular formula is C29H25ClN2O2. The molecule has 0 spiro atoms. The quantitative estimate of drug-likeness (QED) is 0.221. The number of rotatable bonds is 8. The summed E-state index contributed by atoms with van der Waals surface area (Å²) in [7, 11) is 0. The highest BCUT2D eigenvalue weighted by Crippen LogP contribution is 2.30. The largest absolute Gasteiger partial charge is 0.488 e. The highest BCUT2D eigenvalue weighted by atomic mass is 35.5. The molecule has 34 heavy (non-hydrogen) atoms. The number of hydrogen-bond donors (Lipinski definition) is 1. The molecule has 0 saturated carbocycles. The van der Waals surface area contributed by atoms with Crippen molar-refractivity contribution in [1.29, 1.82) is 0 Å². The Bertz CT molecular complexity index is 1290. The Kier molecular flexibility index (Phi) is 7.74. The second-order valence-electron chi connectivity index (χ2n) is 7.71. The normalized spacial score (nSPS) is 11.2. The average Bonchev–Trinajstić information content (AvgIpc) is 2.89. The molecule has 0 fully saturated rings. The third kappa shape index (κ3) is 5.91. The van der Waals surface area contributed by atoms with Crippen molar-refractivity contribution < 1.29 is 9.53 Å². The van der Waals surface area contributed by atoms with Gasteiger partial charge in [0.05, 0.1) is 5.71 Å². The molecule has 0 saturated heterocycles. The summed E-state index contributed by atoms with van der Waals surface area (Å²) >= 11 is 6.07. The molecular weight excluding hydrogens is 444 g/mol. The lowest BCUT2D eigenvalue weighted by molar-refractivity contribution is 0.0954. The number of nitrogens with one attached hydrogen (secondary N) is 1. The molecule has 0 unspecified atom stereocenters. The van der Waals surface area contributed by atoms with Gasteiger partial charge in [-0.2, -0.15) is 5.10 Å². The molecule has 0 aliphatic carbocycles. The van der Waals surface area contributed by atoms with E-state index in [2.05, 4.69) is 22.7 Å². The number of hydrazone groups is 1. The van der Waals surface area contributed by atoms with Gasteiger partial charge in [-0.05, 0) is 53.4 Å². The van der Waals surface area contributed by atoms with Gasteiger partial charge in [-0.3, -0.25) is 4.79 Å². The number of halogens is 1. The van der Waals surface area contributed by atoms with Crippen LogP contribution in [0.1, 0.15) is 34.8 Å². The van der Waals surface area contributed by atoms with Crippen LogP contribution in [0.3, 0.4) is 0 Å². The molecule has 0 aliphatic rings. The predicted molar refractivity (Wildman–Crippen MR) is 138 cm³/mol. The summed E-state index contributed by atoms with van der Waals surface area (Å²) in [6, 6.07) is 32.9. The van der Waals surface area contributed by atoms with E-state index in [1.54, 1.807) is 12.1 Å². The Balaban J connectivity index is 1.40. The lowest BCUT2D eigenvalue weighted by Gasteiger charge is -2.12. The van der Waals surface area contributed by atoms with Crippen LogP contribution in [0.5, 0.6) is 5.75 Å². The zero-order chi connectivity index (χ0) is 23.8. The predicted octanol–water partition coefficient (Wildman–Crippen LogP) is 7.13. The number of hydrogen-bond acceptors (Lipinski definition) is 3. The van der Waals surface area contributed by atoms with Crippen LogP contribution in [0, 0.1) is 0 Å². The summed E-state index contributed by atoms with van der Waals surface area (Å²) in [5.74, 6) is 0.549. The first-order valence-electron chi connectivity index (χ1n) is 11.1. The maximum atomic E-state index is 12.6. The van der Waals surface area contributed by atoms with Crippen molar-refractivity contribution in [2.45, 2.75) is 20.0 Å². The molecule has 5 heteroatoms. The van der Waals surface area contributed by atoms with E-state index in [1.165, 1.54) is 0 Å². The van der Waals surface area contributed by atoms with Gasteiger partial charge in [0.1, 0.15) is 12.4 Å². The fraction of sp³-hybridized carbons (Fsp3) is 0.103. The van der Waals surface area contributed by atoms with Crippen molar-refractivity contribution in [3.8, 4) is 16.9 Å². The number of ether oxygens (including phenoxy) is 1. The van der Waals surface area contributed by atoms with Gasteiger partial charge in [0.25, 0.3) is 5.91 Å². The van der Waals surface area contributed by atoms with Crippen LogP contribution in [0.2, 0.25) is 5.02 Å². The Morgan fingerprint density at radius 1 is 0.853 bits per heavy atom. The van der Waals surface area contributed by atoms with E-state index in [1.807, 2.05) is 85.8 Å². The summed E-state index contributed by atoms with van der Waals surface area (Å²) in [6.45, 7) is 2.38. The second-order valence-corrected chi connectivity index (χ2v) is 8.15. The molecule has 4 aromatic rings. The Morgan fingerprint density at radius 2 is 1.59 bits per heavy atom. The average molecular weight is 469 g/mol. The van der Waals surface area contributed by atoms with Crippen molar-refractivity contribution in [3.05, 3.63) is 125 Å². The Hall–Kier alpha value is -3.89. The van der Waals surface area contributed by atoms with E-state index in [4.69, 9.17) is 16.3 Å².